The standard InChI is InChI=1S/C19H25N3O2S/c1-13-18(25-14(2)21-13)19(23)20-12-17(22-10-4-5-11-22)15-6-8-16(24-3)9-7-15/h6-9,17H,4-5,10-12H2,1-3H3,(H,20,23). The number of aromatic nitrogens is 1. The molecule has 1 aromatic carbocycles. The second-order valence-electron chi connectivity index (χ2n) is 6.39. The zero-order valence-corrected chi connectivity index (χ0v) is 15.9. The third-order valence-corrected chi connectivity index (χ3v) is 5.72. The van der Waals surface area contributed by atoms with Crippen molar-refractivity contribution in [1.82, 2.24) is 15.2 Å². The first-order valence-corrected chi connectivity index (χ1v) is 9.50. The summed E-state index contributed by atoms with van der Waals surface area (Å²) in [5.74, 6) is 0.824. The summed E-state index contributed by atoms with van der Waals surface area (Å²) >= 11 is 1.45. The van der Waals surface area contributed by atoms with Gasteiger partial charge in [0.25, 0.3) is 5.91 Å². The van der Waals surface area contributed by atoms with Crippen LogP contribution in [0.3, 0.4) is 0 Å². The Balaban J connectivity index is 1.73. The summed E-state index contributed by atoms with van der Waals surface area (Å²) in [5, 5.41) is 4.04. The van der Waals surface area contributed by atoms with Crippen molar-refractivity contribution in [3.05, 3.63) is 45.4 Å². The van der Waals surface area contributed by atoms with Crippen LogP contribution in [0.5, 0.6) is 5.75 Å². The largest absolute Gasteiger partial charge is 0.497 e. The second kappa shape index (κ2) is 7.97. The van der Waals surface area contributed by atoms with Crippen molar-refractivity contribution in [2.75, 3.05) is 26.7 Å². The van der Waals surface area contributed by atoms with Crippen LogP contribution in [0, 0.1) is 13.8 Å². The highest BCUT2D eigenvalue weighted by Gasteiger charge is 2.25. The number of hydrogen-bond donors (Lipinski definition) is 1. The molecule has 1 aliphatic rings. The van der Waals surface area contributed by atoms with Gasteiger partial charge < -0.3 is 10.1 Å². The fourth-order valence-electron chi connectivity index (χ4n) is 3.35. The van der Waals surface area contributed by atoms with Crippen LogP contribution in [0.25, 0.3) is 0 Å². The van der Waals surface area contributed by atoms with Gasteiger partial charge in [0, 0.05) is 6.54 Å². The molecule has 134 valence electrons. The number of aryl methyl sites for hydroxylation is 2. The number of rotatable bonds is 6. The van der Waals surface area contributed by atoms with Gasteiger partial charge >= 0.3 is 0 Å². The van der Waals surface area contributed by atoms with E-state index in [1.807, 2.05) is 26.0 Å². The maximum absolute atomic E-state index is 12.6. The molecule has 2 aromatic rings. The van der Waals surface area contributed by atoms with Crippen molar-refractivity contribution in [1.29, 1.82) is 0 Å². The molecule has 1 aliphatic heterocycles. The molecule has 1 saturated heterocycles. The minimum absolute atomic E-state index is 0.0270. The highest BCUT2D eigenvalue weighted by atomic mass is 32.1. The Morgan fingerprint density at radius 3 is 2.52 bits per heavy atom. The normalized spacial score (nSPS) is 16.0. The average molecular weight is 359 g/mol. The van der Waals surface area contributed by atoms with Crippen LogP contribution < -0.4 is 10.1 Å². The van der Waals surface area contributed by atoms with E-state index < -0.39 is 0 Å². The molecular formula is C19H25N3O2S. The van der Waals surface area contributed by atoms with Crippen LogP contribution in [-0.2, 0) is 0 Å². The minimum Gasteiger partial charge on any atom is -0.497 e. The predicted molar refractivity (Wildman–Crippen MR) is 100 cm³/mol. The number of likely N-dealkylation sites (tertiary alicyclic amines) is 1. The van der Waals surface area contributed by atoms with E-state index in [0.29, 0.717) is 11.4 Å². The first-order chi connectivity index (χ1) is 12.1. The number of amides is 1. The summed E-state index contributed by atoms with van der Waals surface area (Å²) < 4.78 is 5.26. The molecular weight excluding hydrogens is 334 g/mol. The number of ether oxygens (including phenoxy) is 1. The number of benzene rings is 1. The molecule has 25 heavy (non-hydrogen) atoms. The lowest BCUT2D eigenvalue weighted by atomic mass is 10.1. The lowest BCUT2D eigenvalue weighted by Crippen LogP contribution is -2.36. The lowest BCUT2D eigenvalue weighted by Gasteiger charge is -2.28. The van der Waals surface area contributed by atoms with Gasteiger partial charge in [-0.05, 0) is 57.5 Å². The fourth-order valence-corrected chi connectivity index (χ4v) is 4.18. The van der Waals surface area contributed by atoms with Gasteiger partial charge in [0.2, 0.25) is 0 Å². The first-order valence-electron chi connectivity index (χ1n) is 8.68. The van der Waals surface area contributed by atoms with E-state index in [2.05, 4.69) is 27.3 Å². The molecule has 0 saturated carbocycles. The van der Waals surface area contributed by atoms with Crippen molar-refractivity contribution >= 4 is 17.2 Å². The number of nitrogens with zero attached hydrogens (tertiary/aromatic N) is 2. The van der Waals surface area contributed by atoms with Crippen molar-refractivity contribution in [2.24, 2.45) is 0 Å². The summed E-state index contributed by atoms with van der Waals surface area (Å²) in [6.45, 7) is 6.57. The molecule has 1 atom stereocenters. The molecule has 2 heterocycles. The SMILES string of the molecule is COc1ccc(C(CNC(=O)c2sc(C)nc2C)N2CCCC2)cc1. The van der Waals surface area contributed by atoms with Crippen LogP contribution in [0.15, 0.2) is 24.3 Å². The monoisotopic (exact) mass is 359 g/mol. The van der Waals surface area contributed by atoms with Gasteiger partial charge in [-0.2, -0.15) is 0 Å². The highest BCUT2D eigenvalue weighted by Crippen LogP contribution is 2.26. The number of nitrogens with one attached hydrogen (secondary N) is 1. The quantitative estimate of drug-likeness (QED) is 0.859. The van der Waals surface area contributed by atoms with Gasteiger partial charge in [0.15, 0.2) is 0 Å². The van der Waals surface area contributed by atoms with Crippen molar-refractivity contribution in [2.45, 2.75) is 32.7 Å². The van der Waals surface area contributed by atoms with Gasteiger partial charge in [-0.3, -0.25) is 9.69 Å². The van der Waals surface area contributed by atoms with Gasteiger partial charge in [-0.1, -0.05) is 12.1 Å². The van der Waals surface area contributed by atoms with Gasteiger partial charge in [-0.15, -0.1) is 11.3 Å². The Morgan fingerprint density at radius 1 is 1.28 bits per heavy atom. The number of hydrogen-bond acceptors (Lipinski definition) is 5. The second-order valence-corrected chi connectivity index (χ2v) is 7.59. The van der Waals surface area contributed by atoms with E-state index in [4.69, 9.17) is 4.74 Å². The Kier molecular flexibility index (Phi) is 5.71. The topological polar surface area (TPSA) is 54.5 Å². The summed E-state index contributed by atoms with van der Waals surface area (Å²) in [4.78, 5) is 20.1. The molecule has 0 radical (unpaired) electrons. The van der Waals surface area contributed by atoms with E-state index in [1.165, 1.54) is 29.7 Å². The molecule has 0 bridgehead atoms. The Bertz CT molecular complexity index is 721. The Morgan fingerprint density at radius 2 is 1.96 bits per heavy atom. The highest BCUT2D eigenvalue weighted by molar-refractivity contribution is 7.13. The molecule has 1 amide bonds. The van der Waals surface area contributed by atoms with Gasteiger partial charge in [0.05, 0.1) is 23.9 Å². The molecule has 0 aliphatic carbocycles. The van der Waals surface area contributed by atoms with Gasteiger partial charge in [-0.25, -0.2) is 4.98 Å². The zero-order chi connectivity index (χ0) is 17.8. The van der Waals surface area contributed by atoms with Crippen LogP contribution in [0.2, 0.25) is 0 Å². The number of thiazole rings is 1. The van der Waals surface area contributed by atoms with Crippen molar-refractivity contribution < 1.29 is 9.53 Å². The maximum atomic E-state index is 12.6. The third kappa shape index (κ3) is 4.19. The number of methoxy groups -OCH3 is 1. The summed E-state index contributed by atoms with van der Waals surface area (Å²) in [6, 6.07) is 8.34. The molecule has 1 N–H and O–H groups in total. The fraction of sp³-hybridized carbons (Fsp3) is 0.474. The molecule has 0 spiro atoms. The Hall–Kier alpha value is -1.92. The lowest BCUT2D eigenvalue weighted by molar-refractivity contribution is 0.0941. The summed E-state index contributed by atoms with van der Waals surface area (Å²) in [7, 11) is 1.67. The van der Waals surface area contributed by atoms with E-state index in [9.17, 15) is 4.79 Å². The van der Waals surface area contributed by atoms with Gasteiger partial charge in [0.1, 0.15) is 10.6 Å². The minimum atomic E-state index is -0.0270. The van der Waals surface area contributed by atoms with Crippen molar-refractivity contribution in [3.63, 3.8) is 0 Å². The summed E-state index contributed by atoms with van der Waals surface area (Å²) in [6.07, 6.45) is 2.43. The predicted octanol–water partition coefficient (Wildman–Crippen LogP) is 3.34. The van der Waals surface area contributed by atoms with Crippen molar-refractivity contribution in [3.8, 4) is 5.75 Å². The smallest absolute Gasteiger partial charge is 0.263 e. The molecule has 3 rings (SSSR count). The number of carbonyl (C=O) groups is 1. The maximum Gasteiger partial charge on any atom is 0.263 e. The van der Waals surface area contributed by atoms with E-state index in [0.717, 1.165) is 29.5 Å². The number of carbonyl (C=O) groups excluding carboxylic acids is 1. The third-order valence-electron chi connectivity index (χ3n) is 4.65. The zero-order valence-electron chi connectivity index (χ0n) is 15.0. The molecule has 1 unspecified atom stereocenters. The molecule has 6 heteroatoms. The van der Waals surface area contributed by atoms with Crippen LogP contribution in [-0.4, -0.2) is 42.5 Å². The van der Waals surface area contributed by atoms with E-state index in [-0.39, 0.29) is 11.9 Å². The van der Waals surface area contributed by atoms with E-state index in [1.54, 1.807) is 7.11 Å². The molecule has 5 nitrogen and oxygen atoms in total. The van der Waals surface area contributed by atoms with E-state index >= 15 is 0 Å². The first kappa shape index (κ1) is 17.9. The average Bonchev–Trinajstić information content (AvgIpc) is 3.25. The van der Waals surface area contributed by atoms with Crippen LogP contribution >= 0.6 is 11.3 Å². The van der Waals surface area contributed by atoms with Crippen LogP contribution in [0.1, 0.15) is 44.8 Å². The molecule has 1 fully saturated rings. The van der Waals surface area contributed by atoms with Crippen LogP contribution in [0.4, 0.5) is 0 Å². The molecule has 1 aromatic heterocycles. The summed E-state index contributed by atoms with van der Waals surface area (Å²) in [5.41, 5.74) is 2.02. The Labute approximate surface area is 153 Å².